The van der Waals surface area contributed by atoms with Crippen molar-refractivity contribution in [1.29, 1.82) is 5.26 Å². The highest BCUT2D eigenvalue weighted by molar-refractivity contribution is 7.93. The molecule has 2 N–H and O–H groups in total. The van der Waals surface area contributed by atoms with Crippen LogP contribution in [-0.2, 0) is 9.73 Å². The number of halogens is 2. The van der Waals surface area contributed by atoms with Crippen molar-refractivity contribution in [3.05, 3.63) is 41.2 Å². The van der Waals surface area contributed by atoms with Crippen LogP contribution in [0, 0.1) is 18.3 Å². The summed E-state index contributed by atoms with van der Waals surface area (Å²) in [5.74, 6) is -3.29. The van der Waals surface area contributed by atoms with Gasteiger partial charge in [0.25, 0.3) is 5.91 Å². The number of aromatic nitrogens is 2. The predicted molar refractivity (Wildman–Crippen MR) is 120 cm³/mol. The zero-order chi connectivity index (χ0) is 25.1. The van der Waals surface area contributed by atoms with Crippen molar-refractivity contribution in [3.8, 4) is 6.07 Å². The molecule has 0 bridgehead atoms. The van der Waals surface area contributed by atoms with Gasteiger partial charge in [0, 0.05) is 50.3 Å². The molecular formula is C21H22F2N6O4S. The van der Waals surface area contributed by atoms with Crippen molar-refractivity contribution in [1.82, 2.24) is 9.97 Å². The Morgan fingerprint density at radius 2 is 2.06 bits per heavy atom. The molecule has 13 heteroatoms. The first-order valence-electron chi connectivity index (χ1n) is 10.2. The monoisotopic (exact) mass is 492 g/mol. The number of carboxylic acid groups (broad SMARTS) is 1. The summed E-state index contributed by atoms with van der Waals surface area (Å²) in [5, 5.41) is 20.7. The SMILES string of the molecule is Cc1c(C#N)cnc(N2CCCC(F)(F)CC2)c1C(=O)Nc1ccnc(S(C)(=O)=NC(=O)O)c1. The van der Waals surface area contributed by atoms with E-state index in [2.05, 4.69) is 19.6 Å². The highest BCUT2D eigenvalue weighted by atomic mass is 32.2. The summed E-state index contributed by atoms with van der Waals surface area (Å²) in [6.45, 7) is 1.81. The molecule has 1 unspecified atom stereocenters. The van der Waals surface area contributed by atoms with E-state index in [0.717, 1.165) is 6.26 Å². The number of carbonyl (C=O) groups excluding carboxylic acids is 1. The number of nitriles is 1. The summed E-state index contributed by atoms with van der Waals surface area (Å²) >= 11 is 0. The number of alkyl halides is 2. The Labute approximate surface area is 194 Å². The van der Waals surface area contributed by atoms with Gasteiger partial charge in [-0.3, -0.25) is 4.79 Å². The minimum absolute atomic E-state index is 0.0143. The lowest BCUT2D eigenvalue weighted by Gasteiger charge is -2.25. The fraction of sp³-hybridized carbons (Fsp3) is 0.381. The highest BCUT2D eigenvalue weighted by Gasteiger charge is 2.33. The zero-order valence-corrected chi connectivity index (χ0v) is 19.2. The van der Waals surface area contributed by atoms with Gasteiger partial charge in [-0.25, -0.2) is 27.8 Å². The maximum atomic E-state index is 13.9. The Bertz CT molecular complexity index is 1300. The Hall–Kier alpha value is -3.66. The number of nitrogens with one attached hydrogen (secondary N) is 1. The molecule has 0 aliphatic carbocycles. The molecule has 1 atom stereocenters. The van der Waals surface area contributed by atoms with Gasteiger partial charge in [0.2, 0.25) is 5.92 Å². The van der Waals surface area contributed by atoms with E-state index in [4.69, 9.17) is 5.11 Å². The zero-order valence-electron chi connectivity index (χ0n) is 18.4. The molecule has 1 fully saturated rings. The van der Waals surface area contributed by atoms with E-state index < -0.39 is 27.7 Å². The lowest BCUT2D eigenvalue weighted by atomic mass is 10.0. The summed E-state index contributed by atoms with van der Waals surface area (Å²) in [5.41, 5.74) is 0.687. The smallest absolute Gasteiger partial charge is 0.439 e. The summed E-state index contributed by atoms with van der Waals surface area (Å²) in [7, 11) is -3.36. The summed E-state index contributed by atoms with van der Waals surface area (Å²) < 4.78 is 43.4. The summed E-state index contributed by atoms with van der Waals surface area (Å²) in [6.07, 6.45) is 1.58. The quantitative estimate of drug-likeness (QED) is 0.657. The minimum atomic E-state index is -3.36. The number of hydrogen-bond acceptors (Lipinski definition) is 7. The second kappa shape index (κ2) is 9.68. The third-order valence-corrected chi connectivity index (χ3v) is 6.82. The van der Waals surface area contributed by atoms with Gasteiger partial charge >= 0.3 is 6.09 Å². The average molecular weight is 493 g/mol. The number of nitrogens with zero attached hydrogens (tertiary/aromatic N) is 5. The number of rotatable bonds is 4. The first-order valence-corrected chi connectivity index (χ1v) is 12.1. The van der Waals surface area contributed by atoms with Crippen molar-refractivity contribution < 1.29 is 27.7 Å². The van der Waals surface area contributed by atoms with E-state index >= 15 is 0 Å². The van der Waals surface area contributed by atoms with Gasteiger partial charge in [0.1, 0.15) is 26.6 Å². The molecule has 0 radical (unpaired) electrons. The van der Waals surface area contributed by atoms with Crippen LogP contribution in [0.15, 0.2) is 33.9 Å². The molecule has 1 aliphatic heterocycles. The third-order valence-electron chi connectivity index (χ3n) is 5.32. The van der Waals surface area contributed by atoms with Crippen molar-refractivity contribution in [2.75, 3.05) is 29.6 Å². The standard InChI is InChI=1S/C21H22F2N6O4S/c1-13-14(11-24)12-26-18(29-8-3-5-21(22,23)6-9-29)17(13)19(30)27-15-4-7-25-16(10-15)34(2,33)28-20(31)32/h4,7,10,12H,3,5-6,8-9H2,1-2H3,(H,31,32)(H,25,27,30). The van der Waals surface area contributed by atoms with Gasteiger partial charge in [-0.2, -0.15) is 5.26 Å². The van der Waals surface area contributed by atoms with Gasteiger partial charge in [-0.1, -0.05) is 0 Å². The Balaban J connectivity index is 1.99. The molecule has 0 aromatic carbocycles. The van der Waals surface area contributed by atoms with Crippen molar-refractivity contribution in [3.63, 3.8) is 0 Å². The van der Waals surface area contributed by atoms with Crippen molar-refractivity contribution >= 4 is 33.2 Å². The van der Waals surface area contributed by atoms with Crippen molar-refractivity contribution in [2.45, 2.75) is 37.1 Å². The first kappa shape index (κ1) is 25.0. The van der Waals surface area contributed by atoms with E-state index in [1.807, 2.05) is 6.07 Å². The lowest BCUT2D eigenvalue weighted by molar-refractivity contribution is -0.0102. The maximum absolute atomic E-state index is 13.9. The molecule has 0 spiro atoms. The summed E-state index contributed by atoms with van der Waals surface area (Å²) in [4.78, 5) is 33.9. The first-order chi connectivity index (χ1) is 15.9. The van der Waals surface area contributed by atoms with Crippen molar-refractivity contribution in [2.24, 2.45) is 4.36 Å². The molecule has 2 amide bonds. The van der Waals surface area contributed by atoms with Crippen LogP contribution in [0.4, 0.5) is 25.1 Å². The van der Waals surface area contributed by atoms with E-state index in [1.54, 1.807) is 11.8 Å². The van der Waals surface area contributed by atoms with Crippen LogP contribution in [0.1, 0.15) is 40.7 Å². The molecule has 2 aromatic rings. The predicted octanol–water partition coefficient (Wildman–Crippen LogP) is 3.67. The lowest BCUT2D eigenvalue weighted by Crippen LogP contribution is -2.30. The molecule has 0 saturated carbocycles. The molecule has 1 saturated heterocycles. The van der Waals surface area contributed by atoms with E-state index in [1.165, 1.54) is 24.5 Å². The molecule has 180 valence electrons. The number of anilines is 2. The number of carbonyl (C=O) groups is 2. The molecule has 3 rings (SSSR count). The molecular weight excluding hydrogens is 470 g/mol. The second-order valence-electron chi connectivity index (χ2n) is 7.82. The van der Waals surface area contributed by atoms with Gasteiger partial charge in [0.15, 0.2) is 0 Å². The fourth-order valence-electron chi connectivity index (χ4n) is 3.57. The molecule has 2 aromatic heterocycles. The van der Waals surface area contributed by atoms with Crippen LogP contribution in [0.2, 0.25) is 0 Å². The Morgan fingerprint density at radius 1 is 1.32 bits per heavy atom. The molecule has 34 heavy (non-hydrogen) atoms. The van der Waals surface area contributed by atoms with Crippen LogP contribution in [0.5, 0.6) is 0 Å². The van der Waals surface area contributed by atoms with Crippen LogP contribution < -0.4 is 10.2 Å². The minimum Gasteiger partial charge on any atom is -0.463 e. The van der Waals surface area contributed by atoms with Crippen LogP contribution >= 0.6 is 0 Å². The number of hydrogen-bond donors (Lipinski definition) is 2. The largest absolute Gasteiger partial charge is 0.463 e. The normalized spacial score (nSPS) is 17.1. The van der Waals surface area contributed by atoms with Gasteiger partial charge in [-0.15, -0.1) is 4.36 Å². The van der Waals surface area contributed by atoms with E-state index in [-0.39, 0.29) is 60.0 Å². The molecule has 1 aliphatic rings. The topological polar surface area (TPSA) is 149 Å². The van der Waals surface area contributed by atoms with E-state index in [0.29, 0.717) is 5.56 Å². The summed E-state index contributed by atoms with van der Waals surface area (Å²) in [6, 6.07) is 4.60. The van der Waals surface area contributed by atoms with Crippen LogP contribution in [0.25, 0.3) is 0 Å². The van der Waals surface area contributed by atoms with Crippen LogP contribution in [0.3, 0.4) is 0 Å². The molecule has 3 heterocycles. The molecule has 10 nitrogen and oxygen atoms in total. The highest BCUT2D eigenvalue weighted by Crippen LogP contribution is 2.32. The second-order valence-corrected chi connectivity index (χ2v) is 10.0. The van der Waals surface area contributed by atoms with Gasteiger partial charge in [0.05, 0.1) is 11.1 Å². The van der Waals surface area contributed by atoms with E-state index in [9.17, 15) is 27.8 Å². The van der Waals surface area contributed by atoms with Crippen LogP contribution in [-0.4, -0.2) is 56.6 Å². The van der Waals surface area contributed by atoms with Gasteiger partial charge in [-0.05, 0) is 31.0 Å². The number of amides is 2. The maximum Gasteiger partial charge on any atom is 0.439 e. The van der Waals surface area contributed by atoms with Gasteiger partial charge < -0.3 is 15.3 Å². The average Bonchev–Trinajstić information content (AvgIpc) is 2.93. The number of pyridine rings is 2. The third kappa shape index (κ3) is 5.63. The Morgan fingerprint density at radius 3 is 2.74 bits per heavy atom. The fourth-order valence-corrected chi connectivity index (χ4v) is 4.57. The Kier molecular flexibility index (Phi) is 7.11.